The summed E-state index contributed by atoms with van der Waals surface area (Å²) in [5.74, 6) is -1.92. The molecule has 41 heavy (non-hydrogen) atoms. The smallest absolute Gasteiger partial charge is 0.412 e. The summed E-state index contributed by atoms with van der Waals surface area (Å²) < 4.78 is 12.5. The van der Waals surface area contributed by atoms with Crippen LogP contribution in [-0.2, 0) is 27.9 Å². The summed E-state index contributed by atoms with van der Waals surface area (Å²) in [5.41, 5.74) is 5.36. The van der Waals surface area contributed by atoms with Gasteiger partial charge in [0.2, 0.25) is 0 Å². The van der Waals surface area contributed by atoms with Crippen LogP contribution in [0.3, 0.4) is 0 Å². The van der Waals surface area contributed by atoms with Crippen molar-refractivity contribution in [3.8, 4) is 11.1 Å². The van der Waals surface area contributed by atoms with E-state index in [-0.39, 0.29) is 30.6 Å². The maximum Gasteiger partial charge on any atom is 0.412 e. The minimum absolute atomic E-state index is 0.0560. The number of rotatable bonds is 10. The fourth-order valence-corrected chi connectivity index (χ4v) is 4.97. The highest BCUT2D eigenvalue weighted by atomic mass is 16.5. The summed E-state index contributed by atoms with van der Waals surface area (Å²) in [5, 5.41) is 18.9. The Labute approximate surface area is 236 Å². The normalized spacial score (nSPS) is 13.5. The van der Waals surface area contributed by atoms with Crippen LogP contribution >= 0.6 is 0 Å². The molecule has 1 aromatic heterocycles. The molecule has 1 aliphatic rings. The summed E-state index contributed by atoms with van der Waals surface area (Å²) in [4.78, 5) is 37.5. The topological polar surface area (TPSA) is 132 Å². The Kier molecular flexibility index (Phi) is 8.11. The van der Waals surface area contributed by atoms with Crippen molar-refractivity contribution >= 4 is 23.8 Å². The van der Waals surface area contributed by atoms with Crippen molar-refractivity contribution in [3.05, 3.63) is 107 Å². The molecule has 0 fully saturated rings. The highest BCUT2D eigenvalue weighted by molar-refractivity contribution is 5.96. The molecule has 3 N–H and O–H groups in total. The van der Waals surface area contributed by atoms with Gasteiger partial charge >= 0.3 is 12.1 Å². The number of aromatic nitrogens is 2. The first kappa shape index (κ1) is 27.6. The summed E-state index contributed by atoms with van der Waals surface area (Å²) in [6.07, 6.45) is -1.54. The average molecular weight is 555 g/mol. The molecule has 0 unspecified atom stereocenters. The number of benzene rings is 3. The number of carboxylic acid groups (broad SMARTS) is 1. The lowest BCUT2D eigenvalue weighted by Crippen LogP contribution is -2.49. The van der Waals surface area contributed by atoms with Crippen molar-refractivity contribution in [3.63, 3.8) is 0 Å². The van der Waals surface area contributed by atoms with Crippen LogP contribution in [0.4, 0.5) is 10.6 Å². The Morgan fingerprint density at radius 1 is 0.951 bits per heavy atom. The molecule has 10 heteroatoms. The van der Waals surface area contributed by atoms with Gasteiger partial charge in [0.15, 0.2) is 11.9 Å². The van der Waals surface area contributed by atoms with E-state index in [0.717, 1.165) is 27.8 Å². The highest BCUT2D eigenvalue weighted by Crippen LogP contribution is 2.44. The number of ether oxygens (including phenoxy) is 2. The molecule has 0 radical (unpaired) electrons. The van der Waals surface area contributed by atoms with Crippen LogP contribution in [0.1, 0.15) is 40.0 Å². The molecule has 2 atom stereocenters. The predicted octanol–water partition coefficient (Wildman–Crippen LogP) is 4.57. The van der Waals surface area contributed by atoms with E-state index in [2.05, 4.69) is 27.9 Å². The molecular formula is C31H30N4O6. The lowest BCUT2D eigenvalue weighted by molar-refractivity contribution is -0.143. The predicted molar refractivity (Wildman–Crippen MR) is 151 cm³/mol. The van der Waals surface area contributed by atoms with Crippen LogP contribution in [0.2, 0.25) is 0 Å². The van der Waals surface area contributed by atoms with Gasteiger partial charge in [0.1, 0.15) is 12.3 Å². The number of carbonyl (C=O) groups excluding carboxylic acids is 2. The second-order valence-electron chi connectivity index (χ2n) is 9.78. The Bertz CT molecular complexity index is 1520. The maximum absolute atomic E-state index is 13.0. The molecule has 3 aromatic carbocycles. The van der Waals surface area contributed by atoms with Gasteiger partial charge in [-0.3, -0.25) is 14.8 Å². The molecule has 0 bridgehead atoms. The Morgan fingerprint density at radius 2 is 1.56 bits per heavy atom. The minimum Gasteiger partial charge on any atom is -0.480 e. The second kappa shape index (κ2) is 12.1. The molecule has 10 nitrogen and oxygen atoms in total. The number of anilines is 1. The van der Waals surface area contributed by atoms with Crippen LogP contribution in [-0.4, -0.2) is 51.6 Å². The van der Waals surface area contributed by atoms with Gasteiger partial charge in [-0.1, -0.05) is 78.9 Å². The quantitative estimate of drug-likeness (QED) is 0.262. The minimum atomic E-state index is -1.31. The summed E-state index contributed by atoms with van der Waals surface area (Å²) in [7, 11) is 1.52. The largest absolute Gasteiger partial charge is 0.480 e. The van der Waals surface area contributed by atoms with Gasteiger partial charge in [0.05, 0.1) is 12.7 Å². The van der Waals surface area contributed by atoms with Gasteiger partial charge in [-0.25, -0.2) is 9.59 Å². The van der Waals surface area contributed by atoms with Crippen molar-refractivity contribution in [2.45, 2.75) is 31.6 Å². The van der Waals surface area contributed by atoms with E-state index in [9.17, 15) is 19.5 Å². The lowest BCUT2D eigenvalue weighted by Gasteiger charge is -2.22. The molecule has 210 valence electrons. The van der Waals surface area contributed by atoms with Gasteiger partial charge in [0.25, 0.3) is 5.91 Å². The van der Waals surface area contributed by atoms with Crippen molar-refractivity contribution in [2.75, 3.05) is 11.9 Å². The fourth-order valence-electron chi connectivity index (χ4n) is 4.97. The van der Waals surface area contributed by atoms with Crippen LogP contribution in [0.5, 0.6) is 0 Å². The second-order valence-corrected chi connectivity index (χ2v) is 9.78. The number of aryl methyl sites for hydroxylation is 1. The van der Waals surface area contributed by atoms with Gasteiger partial charge in [-0.15, -0.1) is 0 Å². The first-order chi connectivity index (χ1) is 19.8. The third-order valence-corrected chi connectivity index (χ3v) is 7.06. The number of fused-ring (bicyclic) bond motifs is 3. The number of hydrogen-bond donors (Lipinski definition) is 3. The Hall–Kier alpha value is -4.96. The van der Waals surface area contributed by atoms with Gasteiger partial charge in [-0.2, -0.15) is 5.10 Å². The van der Waals surface area contributed by atoms with E-state index in [1.54, 1.807) is 6.92 Å². The molecule has 0 saturated heterocycles. The zero-order valence-electron chi connectivity index (χ0n) is 22.6. The number of carbonyl (C=O) groups is 3. The first-order valence-electron chi connectivity index (χ1n) is 13.2. The average Bonchev–Trinajstić information content (AvgIpc) is 3.50. The summed E-state index contributed by atoms with van der Waals surface area (Å²) in [6, 6.07) is 25.4. The number of carboxylic acids is 1. The number of hydrogen-bond acceptors (Lipinski definition) is 6. The molecule has 0 aliphatic heterocycles. The lowest BCUT2D eigenvalue weighted by atomic mass is 9.98. The van der Waals surface area contributed by atoms with E-state index < -0.39 is 30.1 Å². The van der Waals surface area contributed by atoms with E-state index in [1.165, 1.54) is 17.8 Å². The van der Waals surface area contributed by atoms with Crippen molar-refractivity contribution < 1.29 is 29.0 Å². The van der Waals surface area contributed by atoms with Gasteiger partial charge in [0, 0.05) is 19.0 Å². The summed E-state index contributed by atoms with van der Waals surface area (Å²) in [6.45, 7) is 1.90. The number of nitrogens with zero attached hydrogens (tertiary/aromatic N) is 2. The van der Waals surface area contributed by atoms with E-state index in [1.807, 2.05) is 66.7 Å². The van der Waals surface area contributed by atoms with Gasteiger partial charge < -0.3 is 19.9 Å². The number of nitrogens with one attached hydrogen (secondary N) is 2. The summed E-state index contributed by atoms with van der Waals surface area (Å²) >= 11 is 0. The van der Waals surface area contributed by atoms with Crippen LogP contribution in [0.25, 0.3) is 11.1 Å². The molecular weight excluding hydrogens is 524 g/mol. The third kappa shape index (κ3) is 6.12. The maximum atomic E-state index is 13.0. The van der Waals surface area contributed by atoms with E-state index in [4.69, 9.17) is 9.47 Å². The molecule has 5 rings (SSSR count). The fraction of sp³-hybridized carbons (Fsp3) is 0.226. The zero-order valence-corrected chi connectivity index (χ0v) is 22.6. The Morgan fingerprint density at radius 3 is 2.20 bits per heavy atom. The van der Waals surface area contributed by atoms with Crippen molar-refractivity contribution in [2.24, 2.45) is 7.05 Å². The van der Waals surface area contributed by atoms with Crippen LogP contribution in [0, 0.1) is 0 Å². The van der Waals surface area contributed by atoms with Crippen LogP contribution < -0.4 is 10.6 Å². The number of aliphatic carboxylic acids is 1. The SMILES string of the molecule is C[C@H](OCc1ccccc1)[C@@H](NC(=O)c1cc(NC(=O)OCC2c3ccccc3-c3ccccc32)nn1C)C(=O)O. The molecule has 4 aromatic rings. The van der Waals surface area contributed by atoms with Crippen LogP contribution in [0.15, 0.2) is 84.9 Å². The van der Waals surface area contributed by atoms with E-state index in [0.29, 0.717) is 0 Å². The molecule has 0 spiro atoms. The van der Waals surface area contributed by atoms with Crippen molar-refractivity contribution in [1.82, 2.24) is 15.1 Å². The molecule has 1 aliphatic carbocycles. The standard InChI is InChI=1S/C31H30N4O6/c1-19(40-17-20-10-4-3-5-11-20)28(30(37)38)33-29(36)26-16-27(34-35(26)2)32-31(39)41-18-25-23-14-8-6-12-21(23)22-13-7-9-15-24(22)25/h3-16,19,25,28H,17-18H2,1-2H3,(H,33,36)(H,37,38)(H,32,34,39)/t19-,28+/m0/s1. The monoisotopic (exact) mass is 554 g/mol. The first-order valence-corrected chi connectivity index (χ1v) is 13.2. The number of amides is 2. The molecule has 2 amide bonds. The van der Waals surface area contributed by atoms with Crippen molar-refractivity contribution in [1.29, 1.82) is 0 Å². The third-order valence-electron chi connectivity index (χ3n) is 7.06. The molecule has 1 heterocycles. The molecule has 0 saturated carbocycles. The van der Waals surface area contributed by atoms with Gasteiger partial charge in [-0.05, 0) is 34.7 Å². The van der Waals surface area contributed by atoms with E-state index >= 15 is 0 Å². The Balaban J connectivity index is 1.19. The zero-order chi connectivity index (χ0) is 28.9. The highest BCUT2D eigenvalue weighted by Gasteiger charge is 2.30.